The molecule has 0 fully saturated rings. The predicted octanol–water partition coefficient (Wildman–Crippen LogP) is 4.47. The average Bonchev–Trinajstić information content (AvgIpc) is 3.72. The van der Waals surface area contributed by atoms with Crippen molar-refractivity contribution in [2.24, 2.45) is 0 Å². The van der Waals surface area contributed by atoms with Crippen molar-refractivity contribution in [2.45, 2.75) is 49.7 Å². The highest BCUT2D eigenvalue weighted by molar-refractivity contribution is 8.00. The Balaban J connectivity index is 1.19. The molecule has 1 aromatic heterocycles. The van der Waals surface area contributed by atoms with Crippen LogP contribution in [-0.2, 0) is 22.7 Å². The molecule has 45 heavy (non-hydrogen) atoms. The second kappa shape index (κ2) is 13.4. The first-order chi connectivity index (χ1) is 21.9. The summed E-state index contributed by atoms with van der Waals surface area (Å²) in [4.78, 5) is 44.7. The van der Waals surface area contributed by atoms with Gasteiger partial charge >= 0.3 is 0 Å². The number of hydrogen-bond acceptors (Lipinski definition) is 10. The Hall–Kier alpha value is -4.91. The Morgan fingerprint density at radius 1 is 1.00 bits per heavy atom. The minimum atomic E-state index is -0.565. The molecule has 3 aromatic carbocycles. The smallest absolute Gasteiger partial charge is 0.262 e. The molecule has 2 N–H and O–H groups in total. The van der Waals surface area contributed by atoms with E-state index in [9.17, 15) is 14.4 Å². The molecule has 6 rings (SSSR count). The number of hydrogen-bond donors (Lipinski definition) is 2. The molecule has 2 aliphatic rings. The molecule has 2 aliphatic heterocycles. The summed E-state index contributed by atoms with van der Waals surface area (Å²) in [5.74, 6) is 2.44. The van der Waals surface area contributed by atoms with Crippen LogP contribution in [0.3, 0.4) is 0 Å². The number of anilines is 1. The van der Waals surface area contributed by atoms with Gasteiger partial charge in [0.1, 0.15) is 5.75 Å². The number of methoxy groups -OCH3 is 1. The average molecular weight is 633 g/mol. The van der Waals surface area contributed by atoms with E-state index in [0.717, 1.165) is 5.56 Å². The fourth-order valence-corrected chi connectivity index (χ4v) is 6.07. The number of carbonyl (C=O) groups excluding carboxylic acids is 2. The van der Waals surface area contributed by atoms with E-state index in [0.29, 0.717) is 69.9 Å². The first-order valence-corrected chi connectivity index (χ1v) is 15.4. The minimum Gasteiger partial charge on any atom is -0.495 e. The standard InChI is InChI=1S/C32H32N4O8S/c1-3-28(30(38)34-21-7-4-5-8-23(21)40-2)45-32-35-22-15-27-26(43-18-44-27)14-20(22)31(39)36(32)12-6-9-29(37)33-16-19-10-11-24-25(13-19)42-17-41-24/h4-5,7-8,10-11,13-15,28H,3,6,9,12,16-18H2,1-2H3,(H,33,37)(H,34,38). The molecule has 1 atom stereocenters. The number of rotatable bonds is 12. The lowest BCUT2D eigenvalue weighted by atomic mass is 10.2. The van der Waals surface area contributed by atoms with Crippen LogP contribution in [0.15, 0.2) is 64.5 Å². The second-order valence-electron chi connectivity index (χ2n) is 10.3. The topological polar surface area (TPSA) is 139 Å². The van der Waals surface area contributed by atoms with Crippen molar-refractivity contribution in [1.29, 1.82) is 0 Å². The van der Waals surface area contributed by atoms with Gasteiger partial charge in [-0.3, -0.25) is 19.0 Å². The van der Waals surface area contributed by atoms with Crippen LogP contribution in [0.4, 0.5) is 5.69 Å². The van der Waals surface area contributed by atoms with Gasteiger partial charge in [0.2, 0.25) is 25.4 Å². The molecule has 0 bridgehead atoms. The number of para-hydroxylation sites is 2. The van der Waals surface area contributed by atoms with E-state index in [1.54, 1.807) is 24.3 Å². The van der Waals surface area contributed by atoms with Crippen LogP contribution < -0.4 is 39.9 Å². The molecule has 4 aromatic rings. The van der Waals surface area contributed by atoms with E-state index in [4.69, 9.17) is 28.7 Å². The van der Waals surface area contributed by atoms with Crippen molar-refractivity contribution >= 4 is 40.2 Å². The summed E-state index contributed by atoms with van der Waals surface area (Å²) in [5, 5.41) is 6.02. The number of amides is 2. The van der Waals surface area contributed by atoms with Crippen LogP contribution in [0, 0.1) is 0 Å². The van der Waals surface area contributed by atoms with E-state index in [-0.39, 0.29) is 43.9 Å². The van der Waals surface area contributed by atoms with E-state index in [2.05, 4.69) is 10.6 Å². The zero-order chi connectivity index (χ0) is 31.3. The lowest BCUT2D eigenvalue weighted by Gasteiger charge is -2.19. The first-order valence-electron chi connectivity index (χ1n) is 14.5. The molecule has 0 radical (unpaired) electrons. The normalized spacial score (nSPS) is 13.5. The van der Waals surface area contributed by atoms with Crippen molar-refractivity contribution < 1.29 is 33.3 Å². The summed E-state index contributed by atoms with van der Waals surface area (Å²) >= 11 is 1.20. The summed E-state index contributed by atoms with van der Waals surface area (Å²) in [5.41, 5.74) is 1.58. The Morgan fingerprint density at radius 2 is 1.73 bits per heavy atom. The number of benzene rings is 3. The number of nitrogens with one attached hydrogen (secondary N) is 2. The Morgan fingerprint density at radius 3 is 2.51 bits per heavy atom. The highest BCUT2D eigenvalue weighted by Crippen LogP contribution is 2.36. The van der Waals surface area contributed by atoms with Crippen molar-refractivity contribution in [1.82, 2.24) is 14.9 Å². The van der Waals surface area contributed by atoms with E-state index in [1.165, 1.54) is 23.4 Å². The zero-order valence-electron chi connectivity index (χ0n) is 24.8. The van der Waals surface area contributed by atoms with Crippen LogP contribution in [-0.4, -0.2) is 47.3 Å². The van der Waals surface area contributed by atoms with Gasteiger partial charge in [0, 0.05) is 25.6 Å². The van der Waals surface area contributed by atoms with Gasteiger partial charge in [-0.2, -0.15) is 0 Å². The Kier molecular flexibility index (Phi) is 8.96. The minimum absolute atomic E-state index is 0.0594. The van der Waals surface area contributed by atoms with Gasteiger partial charge in [-0.1, -0.05) is 36.9 Å². The van der Waals surface area contributed by atoms with Gasteiger partial charge in [0.05, 0.1) is 29.0 Å². The molecule has 0 saturated carbocycles. The summed E-state index contributed by atoms with van der Waals surface area (Å²) in [6.07, 6.45) is 1.04. The molecule has 13 heteroatoms. The summed E-state index contributed by atoms with van der Waals surface area (Å²) < 4.78 is 28.6. The van der Waals surface area contributed by atoms with Gasteiger partial charge in [0.25, 0.3) is 5.56 Å². The molecule has 0 saturated heterocycles. The molecule has 2 amide bonds. The third-order valence-corrected chi connectivity index (χ3v) is 8.76. The maximum atomic E-state index is 13.8. The largest absolute Gasteiger partial charge is 0.495 e. The molecule has 0 spiro atoms. The highest BCUT2D eigenvalue weighted by atomic mass is 32.2. The summed E-state index contributed by atoms with van der Waals surface area (Å²) in [6.45, 7) is 2.69. The van der Waals surface area contributed by atoms with Gasteiger partial charge in [0.15, 0.2) is 28.2 Å². The number of aromatic nitrogens is 2. The molecule has 3 heterocycles. The second-order valence-corrected chi connectivity index (χ2v) is 11.5. The zero-order valence-corrected chi connectivity index (χ0v) is 25.6. The third kappa shape index (κ3) is 6.63. The van der Waals surface area contributed by atoms with Crippen LogP contribution in [0.25, 0.3) is 10.9 Å². The maximum absolute atomic E-state index is 13.8. The van der Waals surface area contributed by atoms with Crippen molar-refractivity contribution in [3.63, 3.8) is 0 Å². The number of carbonyl (C=O) groups is 2. The summed E-state index contributed by atoms with van der Waals surface area (Å²) in [7, 11) is 1.54. The quantitative estimate of drug-likeness (QED) is 0.170. The molecule has 0 aliphatic carbocycles. The van der Waals surface area contributed by atoms with Crippen molar-refractivity contribution in [3.05, 3.63) is 70.5 Å². The predicted molar refractivity (Wildman–Crippen MR) is 167 cm³/mol. The fraction of sp³-hybridized carbons (Fsp3) is 0.312. The van der Waals surface area contributed by atoms with Gasteiger partial charge < -0.3 is 34.3 Å². The molecular weight excluding hydrogens is 600 g/mol. The van der Waals surface area contributed by atoms with Crippen LogP contribution in [0.2, 0.25) is 0 Å². The maximum Gasteiger partial charge on any atom is 0.262 e. The Labute approximate surface area is 263 Å². The van der Waals surface area contributed by atoms with Crippen LogP contribution >= 0.6 is 11.8 Å². The van der Waals surface area contributed by atoms with E-state index >= 15 is 0 Å². The van der Waals surface area contributed by atoms with E-state index in [1.807, 2.05) is 37.3 Å². The number of fused-ring (bicyclic) bond motifs is 3. The van der Waals surface area contributed by atoms with Crippen LogP contribution in [0.5, 0.6) is 28.7 Å². The first kappa shape index (κ1) is 30.1. The lowest BCUT2D eigenvalue weighted by molar-refractivity contribution is -0.121. The van der Waals surface area contributed by atoms with E-state index < -0.39 is 5.25 Å². The third-order valence-electron chi connectivity index (χ3n) is 7.40. The molecular formula is C32H32N4O8S. The van der Waals surface area contributed by atoms with Crippen molar-refractivity contribution in [3.8, 4) is 28.7 Å². The molecule has 1 unspecified atom stereocenters. The molecule has 234 valence electrons. The highest BCUT2D eigenvalue weighted by Gasteiger charge is 2.25. The lowest BCUT2D eigenvalue weighted by Crippen LogP contribution is -2.29. The van der Waals surface area contributed by atoms with Gasteiger partial charge in [-0.05, 0) is 48.7 Å². The Bertz CT molecular complexity index is 1810. The van der Waals surface area contributed by atoms with Gasteiger partial charge in [-0.25, -0.2) is 4.98 Å². The number of ether oxygens (including phenoxy) is 5. The van der Waals surface area contributed by atoms with Gasteiger partial charge in [-0.15, -0.1) is 0 Å². The van der Waals surface area contributed by atoms with Crippen molar-refractivity contribution in [2.75, 3.05) is 26.0 Å². The SMILES string of the molecule is CCC(Sc1nc2cc3c(cc2c(=O)n1CCCC(=O)NCc1ccc2c(c1)OCO2)OCO3)C(=O)Nc1ccccc1OC. The number of nitrogens with zero attached hydrogens (tertiary/aromatic N) is 2. The van der Waals surface area contributed by atoms with Crippen LogP contribution in [0.1, 0.15) is 31.7 Å². The molecule has 12 nitrogen and oxygen atoms in total. The summed E-state index contributed by atoms with van der Waals surface area (Å²) in [6, 6.07) is 16.0. The number of thioether (sulfide) groups is 1. The fourth-order valence-electron chi connectivity index (χ4n) is 5.03. The monoisotopic (exact) mass is 632 g/mol.